The van der Waals surface area contributed by atoms with Gasteiger partial charge < -0.3 is 10.6 Å². The highest BCUT2D eigenvalue weighted by Crippen LogP contribution is 2.37. The fourth-order valence-electron chi connectivity index (χ4n) is 1.22. The molecule has 1 rings (SSSR count). The lowest BCUT2D eigenvalue weighted by molar-refractivity contribution is -0.158. The van der Waals surface area contributed by atoms with E-state index in [4.69, 9.17) is 5.84 Å². The number of alkyl halides is 6. The van der Waals surface area contributed by atoms with Crippen molar-refractivity contribution >= 4 is 6.21 Å². The summed E-state index contributed by atoms with van der Waals surface area (Å²) in [6.45, 7) is -1.82. The molecule has 9 heteroatoms. The van der Waals surface area contributed by atoms with Gasteiger partial charge in [0.15, 0.2) is 6.61 Å². The number of hydrazone groups is 1. The molecule has 0 aromatic heterocycles. The maximum Gasteiger partial charge on any atom is 0.422 e. The molecule has 0 saturated carbocycles. The van der Waals surface area contributed by atoms with E-state index in [1.54, 1.807) is 0 Å². The molecule has 0 bridgehead atoms. The van der Waals surface area contributed by atoms with Crippen LogP contribution >= 0.6 is 0 Å². The molecule has 0 aliphatic carbocycles. The Morgan fingerprint density at radius 1 is 1.16 bits per heavy atom. The van der Waals surface area contributed by atoms with Crippen molar-refractivity contribution in [2.45, 2.75) is 12.4 Å². The van der Waals surface area contributed by atoms with E-state index in [1.807, 2.05) is 0 Å². The lowest BCUT2D eigenvalue weighted by Gasteiger charge is -2.15. The van der Waals surface area contributed by atoms with Crippen LogP contribution in [-0.2, 0) is 6.18 Å². The molecule has 0 saturated heterocycles. The number of rotatable bonds is 3. The Labute approximate surface area is 103 Å². The standard InChI is InChI=1S/C10H8F6N2O/c11-9(12,13)5-19-8-3-6(4-18-17)1-2-7(8)10(14,15)16/h1-4H,5,17H2. The van der Waals surface area contributed by atoms with Gasteiger partial charge in [-0.1, -0.05) is 6.07 Å². The molecule has 0 aliphatic rings. The Kier molecular flexibility index (Phi) is 4.28. The Morgan fingerprint density at radius 2 is 1.79 bits per heavy atom. The number of benzene rings is 1. The summed E-state index contributed by atoms with van der Waals surface area (Å²) in [4.78, 5) is 0. The van der Waals surface area contributed by atoms with Gasteiger partial charge in [0.05, 0.1) is 11.8 Å². The van der Waals surface area contributed by atoms with E-state index in [9.17, 15) is 26.3 Å². The third-order valence-electron chi connectivity index (χ3n) is 1.93. The largest absolute Gasteiger partial charge is 0.483 e. The first-order valence-corrected chi connectivity index (χ1v) is 4.77. The minimum absolute atomic E-state index is 0.0904. The minimum Gasteiger partial charge on any atom is -0.483 e. The highest BCUT2D eigenvalue weighted by molar-refractivity contribution is 5.80. The molecule has 0 fully saturated rings. The van der Waals surface area contributed by atoms with E-state index in [0.29, 0.717) is 6.07 Å². The van der Waals surface area contributed by atoms with E-state index in [0.717, 1.165) is 18.3 Å². The predicted octanol–water partition coefficient (Wildman–Crippen LogP) is 2.94. The van der Waals surface area contributed by atoms with Gasteiger partial charge in [-0.15, -0.1) is 0 Å². The molecule has 1 aromatic carbocycles. The molecule has 0 unspecified atom stereocenters. The van der Waals surface area contributed by atoms with Crippen LogP contribution < -0.4 is 10.6 Å². The summed E-state index contributed by atoms with van der Waals surface area (Å²) >= 11 is 0. The van der Waals surface area contributed by atoms with Crippen LogP contribution in [0.5, 0.6) is 5.75 Å². The van der Waals surface area contributed by atoms with Gasteiger partial charge in [0, 0.05) is 0 Å². The second-order valence-corrected chi connectivity index (χ2v) is 3.44. The number of nitrogens with zero attached hydrogens (tertiary/aromatic N) is 1. The number of ether oxygens (including phenoxy) is 1. The summed E-state index contributed by atoms with van der Waals surface area (Å²) in [5, 5.41) is 3.06. The van der Waals surface area contributed by atoms with E-state index >= 15 is 0 Å². The smallest absolute Gasteiger partial charge is 0.422 e. The second-order valence-electron chi connectivity index (χ2n) is 3.44. The molecule has 106 valence electrons. The fraction of sp³-hybridized carbons (Fsp3) is 0.300. The quantitative estimate of drug-likeness (QED) is 0.402. The van der Waals surface area contributed by atoms with Gasteiger partial charge in [0.1, 0.15) is 5.75 Å². The maximum atomic E-state index is 12.6. The lowest BCUT2D eigenvalue weighted by atomic mass is 10.1. The first kappa shape index (κ1) is 15.1. The zero-order valence-corrected chi connectivity index (χ0v) is 9.22. The number of hydrogen-bond donors (Lipinski definition) is 1. The number of nitrogens with two attached hydrogens (primary N) is 1. The van der Waals surface area contributed by atoms with Crippen molar-refractivity contribution in [1.82, 2.24) is 0 Å². The number of halogens is 6. The molecule has 3 nitrogen and oxygen atoms in total. The first-order chi connectivity index (χ1) is 8.63. The average Bonchev–Trinajstić information content (AvgIpc) is 2.24. The molecule has 0 heterocycles. The van der Waals surface area contributed by atoms with Crippen molar-refractivity contribution in [2.75, 3.05) is 6.61 Å². The Hall–Kier alpha value is -1.93. The highest BCUT2D eigenvalue weighted by atomic mass is 19.4. The molecule has 0 aliphatic heterocycles. The second kappa shape index (κ2) is 5.37. The molecule has 19 heavy (non-hydrogen) atoms. The minimum atomic E-state index is -4.82. The molecule has 0 radical (unpaired) electrons. The number of hydrogen-bond acceptors (Lipinski definition) is 3. The summed E-state index contributed by atoms with van der Waals surface area (Å²) in [5.41, 5.74) is -1.21. The predicted molar refractivity (Wildman–Crippen MR) is 54.8 cm³/mol. The zero-order valence-electron chi connectivity index (χ0n) is 9.22. The third-order valence-corrected chi connectivity index (χ3v) is 1.93. The summed E-state index contributed by atoms with van der Waals surface area (Å²) in [5.74, 6) is 3.88. The Morgan fingerprint density at radius 3 is 2.26 bits per heavy atom. The van der Waals surface area contributed by atoms with Gasteiger partial charge in [0.2, 0.25) is 0 Å². The normalized spacial score (nSPS) is 12.9. The SMILES string of the molecule is NN=Cc1ccc(C(F)(F)F)c(OCC(F)(F)F)c1. The fourth-order valence-corrected chi connectivity index (χ4v) is 1.22. The van der Waals surface area contributed by atoms with Crippen molar-refractivity contribution in [3.05, 3.63) is 29.3 Å². The summed E-state index contributed by atoms with van der Waals surface area (Å²) < 4.78 is 77.8. The molecular formula is C10H8F6N2O. The van der Waals surface area contributed by atoms with Gasteiger partial charge in [-0.05, 0) is 17.7 Å². The van der Waals surface area contributed by atoms with Crippen LogP contribution in [0.3, 0.4) is 0 Å². The summed E-state index contributed by atoms with van der Waals surface area (Å²) in [6, 6.07) is 2.40. The highest BCUT2D eigenvalue weighted by Gasteiger charge is 2.36. The van der Waals surface area contributed by atoms with Crippen molar-refractivity contribution in [1.29, 1.82) is 0 Å². The van der Waals surface area contributed by atoms with Crippen molar-refractivity contribution in [3.63, 3.8) is 0 Å². The molecule has 2 N–H and O–H groups in total. The van der Waals surface area contributed by atoms with Crippen LogP contribution in [-0.4, -0.2) is 19.0 Å². The third kappa shape index (κ3) is 4.68. The van der Waals surface area contributed by atoms with E-state index in [-0.39, 0.29) is 5.56 Å². The van der Waals surface area contributed by atoms with Gasteiger partial charge >= 0.3 is 12.4 Å². The Balaban J connectivity index is 3.11. The Bertz CT molecular complexity index is 466. The van der Waals surface area contributed by atoms with Crippen LogP contribution in [0.15, 0.2) is 23.3 Å². The molecule has 0 spiro atoms. The zero-order chi connectivity index (χ0) is 14.7. The molecule has 0 atom stereocenters. The average molecular weight is 286 g/mol. The monoisotopic (exact) mass is 286 g/mol. The maximum absolute atomic E-state index is 12.6. The van der Waals surface area contributed by atoms with Gasteiger partial charge in [-0.2, -0.15) is 31.4 Å². The first-order valence-electron chi connectivity index (χ1n) is 4.77. The van der Waals surface area contributed by atoms with Crippen LogP contribution in [0.4, 0.5) is 26.3 Å². The van der Waals surface area contributed by atoms with Crippen LogP contribution in [0.1, 0.15) is 11.1 Å². The van der Waals surface area contributed by atoms with Crippen molar-refractivity contribution in [3.8, 4) is 5.75 Å². The van der Waals surface area contributed by atoms with Crippen LogP contribution in [0.2, 0.25) is 0 Å². The lowest BCUT2D eigenvalue weighted by Crippen LogP contribution is -2.21. The van der Waals surface area contributed by atoms with Gasteiger partial charge in [-0.25, -0.2) is 0 Å². The summed E-state index contributed by atoms with van der Waals surface area (Å²) in [6.07, 6.45) is -8.57. The van der Waals surface area contributed by atoms with Crippen molar-refractivity contribution < 1.29 is 31.1 Å². The topological polar surface area (TPSA) is 47.6 Å². The molecule has 0 amide bonds. The van der Waals surface area contributed by atoms with E-state index in [1.165, 1.54) is 0 Å². The summed E-state index contributed by atoms with van der Waals surface area (Å²) in [7, 11) is 0. The molecular weight excluding hydrogens is 278 g/mol. The van der Waals surface area contributed by atoms with Crippen LogP contribution in [0, 0.1) is 0 Å². The van der Waals surface area contributed by atoms with Gasteiger partial charge in [0.25, 0.3) is 0 Å². The molecule has 1 aromatic rings. The van der Waals surface area contributed by atoms with Gasteiger partial charge in [-0.3, -0.25) is 0 Å². The van der Waals surface area contributed by atoms with E-state index < -0.39 is 30.3 Å². The van der Waals surface area contributed by atoms with E-state index in [2.05, 4.69) is 9.84 Å². The van der Waals surface area contributed by atoms with Crippen LogP contribution in [0.25, 0.3) is 0 Å². The van der Waals surface area contributed by atoms with Crippen molar-refractivity contribution in [2.24, 2.45) is 10.9 Å².